The summed E-state index contributed by atoms with van der Waals surface area (Å²) in [6.45, 7) is 0.943. The van der Waals surface area contributed by atoms with E-state index in [-0.39, 0.29) is 5.60 Å². The Balaban J connectivity index is 1.62. The zero-order valence-electron chi connectivity index (χ0n) is 10.4. The van der Waals surface area contributed by atoms with Gasteiger partial charge in [0.15, 0.2) is 0 Å². The minimum absolute atomic E-state index is 0.205. The van der Waals surface area contributed by atoms with Gasteiger partial charge in [0.2, 0.25) is 0 Å². The Morgan fingerprint density at radius 2 is 2.12 bits per heavy atom. The number of rotatable bonds is 2. The lowest BCUT2D eigenvalue weighted by atomic mass is 9.77. The maximum absolute atomic E-state index is 6.53. The second-order valence-electron chi connectivity index (χ2n) is 5.79. The summed E-state index contributed by atoms with van der Waals surface area (Å²) in [6, 6.07) is 0.427. The molecule has 1 spiro atoms. The first-order chi connectivity index (χ1) is 8.29. The van der Waals surface area contributed by atoms with Crippen LogP contribution in [0.4, 0.5) is 0 Å². The largest absolute Gasteiger partial charge is 0.374 e. The molecule has 0 aromatic heterocycles. The Morgan fingerprint density at radius 1 is 1.18 bits per heavy atom. The first kappa shape index (κ1) is 12.6. The van der Waals surface area contributed by atoms with Crippen molar-refractivity contribution in [1.82, 2.24) is 0 Å². The second kappa shape index (κ2) is 5.32. The van der Waals surface area contributed by atoms with E-state index in [1.807, 2.05) is 0 Å². The molecule has 2 nitrogen and oxygen atoms in total. The number of hydrogen-bond acceptors (Lipinski definition) is 4. The van der Waals surface area contributed by atoms with E-state index in [0.717, 1.165) is 12.5 Å². The number of thioether (sulfide) groups is 2. The third-order valence-corrected chi connectivity index (χ3v) is 7.06. The highest BCUT2D eigenvalue weighted by Gasteiger charge is 2.43. The molecule has 0 aromatic rings. The summed E-state index contributed by atoms with van der Waals surface area (Å²) in [5, 5.41) is 0. The summed E-state index contributed by atoms with van der Waals surface area (Å²) < 4.78 is 6.09. The van der Waals surface area contributed by atoms with E-state index >= 15 is 0 Å². The first-order valence-electron chi connectivity index (χ1n) is 6.84. The van der Waals surface area contributed by atoms with Crippen molar-refractivity contribution in [2.45, 2.75) is 37.3 Å². The SMILES string of the molecule is NC(C1CCSC1)C1CCOC2(CCSC2)C1. The molecular weight excluding hydrogens is 250 g/mol. The summed E-state index contributed by atoms with van der Waals surface area (Å²) in [4.78, 5) is 0. The minimum atomic E-state index is 0.205. The molecule has 98 valence electrons. The van der Waals surface area contributed by atoms with Crippen LogP contribution in [0.15, 0.2) is 0 Å². The monoisotopic (exact) mass is 273 g/mol. The van der Waals surface area contributed by atoms with Gasteiger partial charge in [0.1, 0.15) is 0 Å². The lowest BCUT2D eigenvalue weighted by molar-refractivity contribution is -0.0854. The van der Waals surface area contributed by atoms with Crippen LogP contribution in [0.5, 0.6) is 0 Å². The third-order valence-electron chi connectivity index (χ3n) is 4.65. The highest BCUT2D eigenvalue weighted by Crippen LogP contribution is 2.42. The zero-order chi connectivity index (χ0) is 11.7. The van der Waals surface area contributed by atoms with Gasteiger partial charge in [0.05, 0.1) is 5.60 Å². The van der Waals surface area contributed by atoms with Crippen LogP contribution in [0.2, 0.25) is 0 Å². The van der Waals surface area contributed by atoms with Gasteiger partial charge in [0.25, 0.3) is 0 Å². The zero-order valence-corrected chi connectivity index (χ0v) is 12.0. The Morgan fingerprint density at radius 3 is 2.82 bits per heavy atom. The predicted octanol–water partition coefficient (Wildman–Crippen LogP) is 2.37. The van der Waals surface area contributed by atoms with Gasteiger partial charge >= 0.3 is 0 Å². The smallest absolute Gasteiger partial charge is 0.0783 e. The average Bonchev–Trinajstić information content (AvgIpc) is 3.00. The normalized spacial score (nSPS) is 44.3. The van der Waals surface area contributed by atoms with Gasteiger partial charge in [-0.15, -0.1) is 0 Å². The van der Waals surface area contributed by atoms with Crippen molar-refractivity contribution >= 4 is 23.5 Å². The molecule has 0 aliphatic carbocycles. The van der Waals surface area contributed by atoms with Crippen LogP contribution in [-0.4, -0.2) is 41.3 Å². The summed E-state index contributed by atoms with van der Waals surface area (Å²) >= 11 is 4.14. The van der Waals surface area contributed by atoms with Gasteiger partial charge in [-0.1, -0.05) is 0 Å². The van der Waals surface area contributed by atoms with Crippen molar-refractivity contribution < 1.29 is 4.74 Å². The molecule has 3 fully saturated rings. The molecule has 4 unspecified atom stereocenters. The van der Waals surface area contributed by atoms with Crippen LogP contribution < -0.4 is 5.73 Å². The van der Waals surface area contributed by atoms with Crippen molar-refractivity contribution in [2.75, 3.05) is 29.6 Å². The molecule has 0 aromatic carbocycles. The molecule has 3 rings (SSSR count). The van der Waals surface area contributed by atoms with Crippen molar-refractivity contribution in [3.8, 4) is 0 Å². The molecule has 17 heavy (non-hydrogen) atoms. The van der Waals surface area contributed by atoms with E-state index in [1.165, 1.54) is 48.7 Å². The number of nitrogens with two attached hydrogens (primary N) is 1. The predicted molar refractivity (Wildman–Crippen MR) is 76.8 cm³/mol. The standard InChI is InChI=1S/C13H23NOS2/c14-12(11-2-5-16-8-11)10-1-4-15-13(7-10)3-6-17-9-13/h10-12H,1-9,14H2. The molecule has 3 saturated heterocycles. The Bertz CT molecular complexity index is 262. The topological polar surface area (TPSA) is 35.2 Å². The maximum atomic E-state index is 6.53. The Kier molecular flexibility index (Phi) is 3.95. The molecule has 3 heterocycles. The van der Waals surface area contributed by atoms with Gasteiger partial charge < -0.3 is 10.5 Å². The molecule has 4 atom stereocenters. The number of hydrogen-bond donors (Lipinski definition) is 1. The summed E-state index contributed by atoms with van der Waals surface area (Å²) in [6.07, 6.45) is 5.00. The minimum Gasteiger partial charge on any atom is -0.374 e. The number of ether oxygens (including phenoxy) is 1. The van der Waals surface area contributed by atoms with Gasteiger partial charge in [0, 0.05) is 18.4 Å². The average molecular weight is 273 g/mol. The molecule has 0 bridgehead atoms. The Hall–Kier alpha value is 0.620. The van der Waals surface area contributed by atoms with Crippen LogP contribution in [0.3, 0.4) is 0 Å². The maximum Gasteiger partial charge on any atom is 0.0783 e. The van der Waals surface area contributed by atoms with E-state index in [0.29, 0.717) is 12.0 Å². The van der Waals surface area contributed by atoms with Crippen LogP contribution in [-0.2, 0) is 4.74 Å². The quantitative estimate of drug-likeness (QED) is 0.838. The lowest BCUT2D eigenvalue weighted by Crippen LogP contribution is -2.48. The van der Waals surface area contributed by atoms with Crippen LogP contribution in [0.25, 0.3) is 0 Å². The first-order valence-corrected chi connectivity index (χ1v) is 9.15. The van der Waals surface area contributed by atoms with Crippen molar-refractivity contribution in [1.29, 1.82) is 0 Å². The summed E-state index contributed by atoms with van der Waals surface area (Å²) in [5.41, 5.74) is 6.73. The van der Waals surface area contributed by atoms with Gasteiger partial charge in [-0.25, -0.2) is 0 Å². The van der Waals surface area contributed by atoms with E-state index in [1.54, 1.807) is 0 Å². The van der Waals surface area contributed by atoms with Crippen LogP contribution in [0, 0.1) is 11.8 Å². The van der Waals surface area contributed by atoms with Crippen LogP contribution >= 0.6 is 23.5 Å². The fourth-order valence-electron chi connectivity index (χ4n) is 3.50. The highest BCUT2D eigenvalue weighted by atomic mass is 32.2. The highest BCUT2D eigenvalue weighted by molar-refractivity contribution is 7.99. The molecule has 3 aliphatic heterocycles. The fraction of sp³-hybridized carbons (Fsp3) is 1.00. The molecule has 2 N–H and O–H groups in total. The molecular formula is C13H23NOS2. The summed E-state index contributed by atoms with van der Waals surface area (Å²) in [5.74, 6) is 6.58. The fourth-order valence-corrected chi connectivity index (χ4v) is 6.20. The van der Waals surface area contributed by atoms with Gasteiger partial charge in [-0.2, -0.15) is 23.5 Å². The van der Waals surface area contributed by atoms with Crippen molar-refractivity contribution in [3.63, 3.8) is 0 Å². The molecule has 0 amide bonds. The molecule has 3 aliphatic rings. The summed E-state index contributed by atoms with van der Waals surface area (Å²) in [7, 11) is 0. The van der Waals surface area contributed by atoms with Crippen molar-refractivity contribution in [3.05, 3.63) is 0 Å². The third kappa shape index (κ3) is 2.65. The Labute approximate surface area is 113 Å². The van der Waals surface area contributed by atoms with E-state index in [2.05, 4.69) is 23.5 Å². The van der Waals surface area contributed by atoms with Gasteiger partial charge in [-0.3, -0.25) is 0 Å². The van der Waals surface area contributed by atoms with Gasteiger partial charge in [-0.05, 0) is 54.8 Å². The van der Waals surface area contributed by atoms with E-state index < -0.39 is 0 Å². The second-order valence-corrected chi connectivity index (χ2v) is 8.04. The van der Waals surface area contributed by atoms with E-state index in [9.17, 15) is 0 Å². The van der Waals surface area contributed by atoms with Crippen molar-refractivity contribution in [2.24, 2.45) is 17.6 Å². The van der Waals surface area contributed by atoms with Crippen LogP contribution in [0.1, 0.15) is 25.7 Å². The van der Waals surface area contributed by atoms with E-state index in [4.69, 9.17) is 10.5 Å². The molecule has 4 heteroatoms. The molecule has 0 radical (unpaired) electrons. The lowest BCUT2D eigenvalue weighted by Gasteiger charge is -2.41. The molecule has 0 saturated carbocycles.